The quantitative estimate of drug-likeness (QED) is 0.237. The van der Waals surface area contributed by atoms with Gasteiger partial charge in [0.25, 0.3) is 0 Å². The fraction of sp³-hybridized carbons (Fsp3) is 0.792. The van der Waals surface area contributed by atoms with E-state index < -0.39 is 5.60 Å². The summed E-state index contributed by atoms with van der Waals surface area (Å²) in [5.74, 6) is 0.377. The molecular formula is C24H42O4. The number of carbonyl (C=O) groups is 1. The molecule has 0 amide bonds. The summed E-state index contributed by atoms with van der Waals surface area (Å²) in [6, 6.07) is 0. The standard InChI is InChI=1S/C24H42O4/c1-4-6-11-18-24(27,17-5-2)19-16-20-14-15-22(25)21(20)12-9-7-8-10-13-23(26)28-3/h7,9,16,19-22,25,27H,4-6,8,10-15,17-18H2,1-3H3. The summed E-state index contributed by atoms with van der Waals surface area (Å²) >= 11 is 0. The first-order valence-corrected chi connectivity index (χ1v) is 11.3. The van der Waals surface area contributed by atoms with Crippen LogP contribution in [0.15, 0.2) is 24.3 Å². The highest BCUT2D eigenvalue weighted by Gasteiger charge is 2.33. The van der Waals surface area contributed by atoms with Crippen molar-refractivity contribution < 1.29 is 19.7 Å². The van der Waals surface area contributed by atoms with E-state index in [4.69, 9.17) is 0 Å². The maximum atomic E-state index is 11.1. The second-order valence-electron chi connectivity index (χ2n) is 8.32. The van der Waals surface area contributed by atoms with E-state index in [2.05, 4.69) is 36.8 Å². The minimum absolute atomic E-state index is 0.164. The van der Waals surface area contributed by atoms with Crippen LogP contribution in [0.1, 0.15) is 90.9 Å². The smallest absolute Gasteiger partial charge is 0.305 e. The molecule has 4 atom stereocenters. The summed E-state index contributed by atoms with van der Waals surface area (Å²) in [5.41, 5.74) is -0.703. The highest BCUT2D eigenvalue weighted by molar-refractivity contribution is 5.69. The second kappa shape index (κ2) is 13.9. The molecule has 1 fully saturated rings. The molecule has 0 bridgehead atoms. The molecule has 2 N–H and O–H groups in total. The van der Waals surface area contributed by atoms with Gasteiger partial charge < -0.3 is 14.9 Å². The molecule has 28 heavy (non-hydrogen) atoms. The molecule has 1 saturated carbocycles. The number of hydrogen-bond acceptors (Lipinski definition) is 4. The summed E-state index contributed by atoms with van der Waals surface area (Å²) in [6.07, 6.45) is 18.9. The molecular weight excluding hydrogens is 352 g/mol. The molecule has 162 valence electrons. The molecule has 0 aliphatic heterocycles. The third-order valence-electron chi connectivity index (χ3n) is 5.94. The van der Waals surface area contributed by atoms with Gasteiger partial charge in [-0.15, -0.1) is 0 Å². The van der Waals surface area contributed by atoms with Crippen molar-refractivity contribution in [3.05, 3.63) is 24.3 Å². The van der Waals surface area contributed by atoms with E-state index in [0.29, 0.717) is 12.3 Å². The van der Waals surface area contributed by atoms with Crippen LogP contribution in [0.25, 0.3) is 0 Å². The van der Waals surface area contributed by atoms with Gasteiger partial charge in [-0.1, -0.05) is 63.8 Å². The molecule has 0 radical (unpaired) electrons. The molecule has 0 aromatic heterocycles. The van der Waals surface area contributed by atoms with Crippen LogP contribution in [-0.2, 0) is 9.53 Å². The number of aliphatic hydroxyl groups is 2. The maximum Gasteiger partial charge on any atom is 0.305 e. The lowest BCUT2D eigenvalue weighted by Gasteiger charge is -2.26. The fourth-order valence-electron chi connectivity index (χ4n) is 4.19. The van der Waals surface area contributed by atoms with Crippen LogP contribution in [-0.4, -0.2) is 35.0 Å². The summed E-state index contributed by atoms with van der Waals surface area (Å²) in [7, 11) is 1.42. The molecule has 0 heterocycles. The van der Waals surface area contributed by atoms with E-state index in [1.807, 2.05) is 6.08 Å². The Balaban J connectivity index is 2.55. The normalized spacial score (nSPS) is 24.8. The van der Waals surface area contributed by atoms with Gasteiger partial charge in [0.15, 0.2) is 0 Å². The van der Waals surface area contributed by atoms with Crippen molar-refractivity contribution in [2.75, 3.05) is 7.11 Å². The first kappa shape index (κ1) is 24.9. The Hall–Kier alpha value is -1.13. The fourth-order valence-corrected chi connectivity index (χ4v) is 4.19. The van der Waals surface area contributed by atoms with Gasteiger partial charge in [-0.05, 0) is 56.8 Å². The number of unbranched alkanes of at least 4 members (excludes halogenated alkanes) is 3. The van der Waals surface area contributed by atoms with Crippen molar-refractivity contribution in [2.45, 2.75) is 103 Å². The van der Waals surface area contributed by atoms with Gasteiger partial charge in [0.2, 0.25) is 0 Å². The second-order valence-corrected chi connectivity index (χ2v) is 8.32. The number of allylic oxidation sites excluding steroid dienone is 3. The van der Waals surface area contributed by atoms with Gasteiger partial charge in [0.1, 0.15) is 0 Å². The summed E-state index contributed by atoms with van der Waals surface area (Å²) in [5, 5.41) is 21.4. The Morgan fingerprint density at radius 2 is 1.89 bits per heavy atom. The van der Waals surface area contributed by atoms with Crippen LogP contribution in [0.2, 0.25) is 0 Å². The number of hydrogen-bond donors (Lipinski definition) is 2. The molecule has 4 heteroatoms. The summed E-state index contributed by atoms with van der Waals surface area (Å²) in [6.45, 7) is 4.30. The Bertz CT molecular complexity index is 485. The van der Waals surface area contributed by atoms with Crippen molar-refractivity contribution in [1.82, 2.24) is 0 Å². The minimum Gasteiger partial charge on any atom is -0.469 e. The molecule has 1 aliphatic rings. The summed E-state index contributed by atoms with van der Waals surface area (Å²) < 4.78 is 4.64. The first-order chi connectivity index (χ1) is 13.5. The predicted molar refractivity (Wildman–Crippen MR) is 115 cm³/mol. The molecule has 0 saturated heterocycles. The van der Waals surface area contributed by atoms with Crippen LogP contribution in [0.4, 0.5) is 0 Å². The zero-order chi connectivity index (χ0) is 20.8. The lowest BCUT2D eigenvalue weighted by atomic mass is 9.86. The minimum atomic E-state index is -0.703. The highest BCUT2D eigenvalue weighted by Crippen LogP contribution is 2.37. The zero-order valence-corrected chi connectivity index (χ0v) is 18.2. The zero-order valence-electron chi connectivity index (χ0n) is 18.2. The van der Waals surface area contributed by atoms with Crippen LogP contribution < -0.4 is 0 Å². The molecule has 0 aromatic carbocycles. The average molecular weight is 395 g/mol. The Morgan fingerprint density at radius 3 is 2.57 bits per heavy atom. The monoisotopic (exact) mass is 394 g/mol. The lowest BCUT2D eigenvalue weighted by Crippen LogP contribution is -2.26. The van der Waals surface area contributed by atoms with Crippen molar-refractivity contribution in [2.24, 2.45) is 11.8 Å². The van der Waals surface area contributed by atoms with Crippen molar-refractivity contribution in [3.8, 4) is 0 Å². The van der Waals surface area contributed by atoms with E-state index in [-0.39, 0.29) is 18.0 Å². The average Bonchev–Trinajstić information content (AvgIpc) is 3.03. The van der Waals surface area contributed by atoms with Gasteiger partial charge in [0, 0.05) is 6.42 Å². The van der Waals surface area contributed by atoms with E-state index in [1.54, 1.807) is 0 Å². The molecule has 0 aromatic rings. The van der Waals surface area contributed by atoms with Crippen LogP contribution in [0.3, 0.4) is 0 Å². The van der Waals surface area contributed by atoms with Gasteiger partial charge in [-0.25, -0.2) is 0 Å². The molecule has 1 aliphatic carbocycles. The summed E-state index contributed by atoms with van der Waals surface area (Å²) in [4.78, 5) is 11.1. The highest BCUT2D eigenvalue weighted by atomic mass is 16.5. The third-order valence-corrected chi connectivity index (χ3v) is 5.94. The van der Waals surface area contributed by atoms with E-state index in [0.717, 1.165) is 70.6 Å². The molecule has 1 rings (SSSR count). The number of ether oxygens (including phenoxy) is 1. The van der Waals surface area contributed by atoms with Crippen molar-refractivity contribution in [3.63, 3.8) is 0 Å². The Labute approximate surface area is 172 Å². The maximum absolute atomic E-state index is 11.1. The van der Waals surface area contributed by atoms with E-state index in [9.17, 15) is 15.0 Å². The number of rotatable bonds is 14. The predicted octanol–water partition coefficient (Wildman–Crippen LogP) is 5.33. The molecule has 4 nitrogen and oxygen atoms in total. The SMILES string of the molecule is CCCCCC(O)(C=CC1CCC(O)C1CC=CCCCC(=O)OC)CCC. The third kappa shape index (κ3) is 9.38. The van der Waals surface area contributed by atoms with Crippen molar-refractivity contribution >= 4 is 5.97 Å². The van der Waals surface area contributed by atoms with Gasteiger partial charge in [-0.2, -0.15) is 0 Å². The largest absolute Gasteiger partial charge is 0.469 e. The van der Waals surface area contributed by atoms with Crippen molar-refractivity contribution in [1.29, 1.82) is 0 Å². The first-order valence-electron chi connectivity index (χ1n) is 11.3. The molecule has 4 unspecified atom stereocenters. The number of methoxy groups -OCH3 is 1. The van der Waals surface area contributed by atoms with E-state index in [1.165, 1.54) is 7.11 Å². The van der Waals surface area contributed by atoms with Crippen LogP contribution in [0.5, 0.6) is 0 Å². The van der Waals surface area contributed by atoms with Gasteiger partial charge >= 0.3 is 5.97 Å². The number of esters is 1. The Morgan fingerprint density at radius 1 is 1.11 bits per heavy atom. The Kier molecular flexibility index (Phi) is 12.4. The van der Waals surface area contributed by atoms with Crippen LogP contribution >= 0.6 is 0 Å². The van der Waals surface area contributed by atoms with E-state index >= 15 is 0 Å². The van der Waals surface area contributed by atoms with Gasteiger partial charge in [-0.3, -0.25) is 4.79 Å². The molecule has 0 spiro atoms. The number of carbonyl (C=O) groups excluding carboxylic acids is 1. The topological polar surface area (TPSA) is 66.8 Å². The van der Waals surface area contributed by atoms with Crippen LogP contribution in [0, 0.1) is 11.8 Å². The van der Waals surface area contributed by atoms with Gasteiger partial charge in [0.05, 0.1) is 18.8 Å². The lowest BCUT2D eigenvalue weighted by molar-refractivity contribution is -0.140. The number of aliphatic hydroxyl groups excluding tert-OH is 1.